The summed E-state index contributed by atoms with van der Waals surface area (Å²) in [7, 11) is 0. The van der Waals surface area contributed by atoms with Gasteiger partial charge in [-0.2, -0.15) is 5.10 Å². The fraction of sp³-hybridized carbons (Fsp3) is 0.286. The molecule has 0 radical (unpaired) electrons. The molecule has 3 aromatic rings. The number of amides is 1. The smallest absolute Gasteiger partial charge is 0.335 e. The van der Waals surface area contributed by atoms with Gasteiger partial charge in [-0.1, -0.05) is 50.6 Å². The molecule has 1 atom stereocenters. The quantitative estimate of drug-likeness (QED) is 0.552. The summed E-state index contributed by atoms with van der Waals surface area (Å²) in [6.45, 7) is 7.81. The lowest BCUT2D eigenvalue weighted by molar-refractivity contribution is 0.0678. The number of fused-ring (bicyclic) bond motifs is 1. The topological polar surface area (TPSA) is 88.3 Å². The van der Waals surface area contributed by atoms with Gasteiger partial charge in [0.25, 0.3) is 5.91 Å². The molecule has 5 rings (SSSR count). The average molecular weight is 469 g/mol. The number of carboxylic acids is 1. The van der Waals surface area contributed by atoms with Gasteiger partial charge in [0.05, 0.1) is 11.1 Å². The molecule has 1 aromatic carbocycles. The predicted molar refractivity (Wildman–Crippen MR) is 133 cm³/mol. The van der Waals surface area contributed by atoms with Crippen LogP contribution in [0.25, 0.3) is 11.4 Å². The Balaban J connectivity index is 1.37. The number of carbonyl (C=O) groups excluding carboxylic acids is 1. The van der Waals surface area contributed by atoms with Crippen molar-refractivity contribution in [3.8, 4) is 5.82 Å². The second-order valence-corrected chi connectivity index (χ2v) is 10.0. The molecule has 1 N–H and O–H groups in total. The summed E-state index contributed by atoms with van der Waals surface area (Å²) in [5.74, 6) is -0.285. The van der Waals surface area contributed by atoms with Gasteiger partial charge in [-0.05, 0) is 47.9 Å². The van der Waals surface area contributed by atoms with Gasteiger partial charge in [0.1, 0.15) is 0 Å². The maximum absolute atomic E-state index is 13.3. The summed E-state index contributed by atoms with van der Waals surface area (Å²) >= 11 is 0. The van der Waals surface area contributed by atoms with Gasteiger partial charge in [0.2, 0.25) is 0 Å². The molecule has 3 heterocycles. The van der Waals surface area contributed by atoms with Crippen LogP contribution in [-0.4, -0.2) is 49.7 Å². The number of hydrogen-bond donors (Lipinski definition) is 1. The highest BCUT2D eigenvalue weighted by Crippen LogP contribution is 2.55. The van der Waals surface area contributed by atoms with Crippen LogP contribution < -0.4 is 0 Å². The number of allylic oxidation sites excluding steroid dienone is 2. The fourth-order valence-electron chi connectivity index (χ4n) is 5.59. The number of carboxylic acid groups (broad SMARTS) is 1. The standard InChI is InChI=1S/C28H28N4O3/c1-27(2)22(19-5-7-20(8-6-19)26(34)35)11-13-28(3)18-31(16-12-23(27)28)25(33)21-9-10-24(29-17-21)32-15-4-14-30-32/h4-12,14-15,17H,13,16,18H2,1-3H3,(H,34,35)/t28-/m1/s1. The van der Waals surface area contributed by atoms with Crippen LogP contribution in [0.5, 0.6) is 0 Å². The maximum atomic E-state index is 13.3. The zero-order chi connectivity index (χ0) is 24.8. The minimum atomic E-state index is -0.924. The summed E-state index contributed by atoms with van der Waals surface area (Å²) in [6, 6.07) is 12.5. The second kappa shape index (κ2) is 8.34. The molecule has 7 nitrogen and oxygen atoms in total. The van der Waals surface area contributed by atoms with Crippen molar-refractivity contribution in [3.05, 3.63) is 95.5 Å². The Morgan fingerprint density at radius 1 is 1.00 bits per heavy atom. The summed E-state index contributed by atoms with van der Waals surface area (Å²) in [6.07, 6.45) is 10.4. The SMILES string of the molecule is CC1(C)C(c2ccc(C(=O)O)cc2)=CC[C@]2(C)CN(C(=O)c3ccc(-n4cccn4)nc3)CC=C12. The first-order valence-electron chi connectivity index (χ1n) is 11.7. The molecule has 0 spiro atoms. The molecule has 2 aromatic heterocycles. The zero-order valence-corrected chi connectivity index (χ0v) is 20.1. The number of aromatic carboxylic acids is 1. The lowest BCUT2D eigenvalue weighted by Crippen LogP contribution is -2.48. The van der Waals surface area contributed by atoms with Gasteiger partial charge in [-0.25, -0.2) is 14.5 Å². The van der Waals surface area contributed by atoms with Crippen molar-refractivity contribution in [2.45, 2.75) is 27.2 Å². The third-order valence-electron chi connectivity index (χ3n) is 7.27. The van der Waals surface area contributed by atoms with Crippen molar-refractivity contribution in [3.63, 3.8) is 0 Å². The first-order valence-corrected chi connectivity index (χ1v) is 11.7. The van der Waals surface area contributed by atoms with Crippen molar-refractivity contribution in [1.82, 2.24) is 19.7 Å². The lowest BCUT2D eigenvalue weighted by Gasteiger charge is -2.50. The Kier molecular flexibility index (Phi) is 5.43. The number of rotatable bonds is 4. The molecule has 0 saturated heterocycles. The Bertz CT molecular complexity index is 1340. The number of carbonyl (C=O) groups is 2. The van der Waals surface area contributed by atoms with E-state index in [9.17, 15) is 14.7 Å². The zero-order valence-electron chi connectivity index (χ0n) is 20.1. The van der Waals surface area contributed by atoms with E-state index in [1.54, 1.807) is 35.3 Å². The van der Waals surface area contributed by atoms with E-state index in [1.165, 1.54) is 11.1 Å². The number of benzene rings is 1. The summed E-state index contributed by atoms with van der Waals surface area (Å²) in [5.41, 5.74) is 3.98. The second-order valence-electron chi connectivity index (χ2n) is 10.0. The third-order valence-corrected chi connectivity index (χ3v) is 7.27. The Morgan fingerprint density at radius 3 is 2.37 bits per heavy atom. The molecule has 0 fully saturated rings. The van der Waals surface area contributed by atoms with Gasteiger partial charge < -0.3 is 10.0 Å². The van der Waals surface area contributed by atoms with E-state index in [-0.39, 0.29) is 22.3 Å². The van der Waals surface area contributed by atoms with Crippen LogP contribution in [0, 0.1) is 10.8 Å². The van der Waals surface area contributed by atoms with Gasteiger partial charge in [0.15, 0.2) is 5.82 Å². The minimum absolute atomic E-state index is 0.0297. The number of pyridine rings is 1. The van der Waals surface area contributed by atoms with E-state index < -0.39 is 5.97 Å². The van der Waals surface area contributed by atoms with Crippen LogP contribution in [0.2, 0.25) is 0 Å². The maximum Gasteiger partial charge on any atom is 0.335 e. The molecule has 0 saturated carbocycles. The van der Waals surface area contributed by atoms with Crippen LogP contribution in [0.15, 0.2) is 78.8 Å². The van der Waals surface area contributed by atoms with E-state index >= 15 is 0 Å². The highest BCUT2D eigenvalue weighted by molar-refractivity contribution is 5.94. The average Bonchev–Trinajstić information content (AvgIpc) is 3.38. The minimum Gasteiger partial charge on any atom is -0.478 e. The summed E-state index contributed by atoms with van der Waals surface area (Å²) < 4.78 is 1.66. The Hall–Kier alpha value is -4.00. The molecule has 0 unspecified atom stereocenters. The molecule has 2 aliphatic rings. The van der Waals surface area contributed by atoms with Gasteiger partial charge in [-0.3, -0.25) is 4.79 Å². The van der Waals surface area contributed by atoms with Crippen molar-refractivity contribution >= 4 is 17.4 Å². The lowest BCUT2D eigenvalue weighted by atomic mass is 9.58. The van der Waals surface area contributed by atoms with E-state index in [1.807, 2.05) is 35.4 Å². The largest absolute Gasteiger partial charge is 0.478 e. The molecule has 7 heteroatoms. The molecule has 178 valence electrons. The normalized spacial score (nSPS) is 21.1. The van der Waals surface area contributed by atoms with Gasteiger partial charge >= 0.3 is 5.97 Å². The Morgan fingerprint density at radius 2 is 1.74 bits per heavy atom. The van der Waals surface area contributed by atoms with Crippen LogP contribution in [0.3, 0.4) is 0 Å². The van der Waals surface area contributed by atoms with E-state index in [0.717, 1.165) is 12.0 Å². The van der Waals surface area contributed by atoms with Crippen LogP contribution in [0.4, 0.5) is 0 Å². The van der Waals surface area contributed by atoms with Crippen LogP contribution in [0.1, 0.15) is 53.5 Å². The van der Waals surface area contributed by atoms with Crippen molar-refractivity contribution < 1.29 is 14.7 Å². The monoisotopic (exact) mass is 468 g/mol. The van der Waals surface area contributed by atoms with Crippen LogP contribution >= 0.6 is 0 Å². The fourth-order valence-corrected chi connectivity index (χ4v) is 5.59. The number of aromatic nitrogens is 3. The highest BCUT2D eigenvalue weighted by Gasteiger charge is 2.46. The molecule has 1 aliphatic heterocycles. The van der Waals surface area contributed by atoms with E-state index in [0.29, 0.717) is 24.5 Å². The van der Waals surface area contributed by atoms with Crippen molar-refractivity contribution in [1.29, 1.82) is 0 Å². The van der Waals surface area contributed by atoms with E-state index in [4.69, 9.17) is 0 Å². The number of nitrogens with zero attached hydrogens (tertiary/aromatic N) is 4. The van der Waals surface area contributed by atoms with Gasteiger partial charge in [0, 0.05) is 42.5 Å². The Labute approximate surface area is 204 Å². The molecular weight excluding hydrogens is 440 g/mol. The number of hydrogen-bond acceptors (Lipinski definition) is 4. The molecular formula is C28H28N4O3. The molecule has 35 heavy (non-hydrogen) atoms. The summed E-state index contributed by atoms with van der Waals surface area (Å²) in [4.78, 5) is 30.9. The summed E-state index contributed by atoms with van der Waals surface area (Å²) in [5, 5.41) is 13.4. The predicted octanol–water partition coefficient (Wildman–Crippen LogP) is 4.87. The van der Waals surface area contributed by atoms with Crippen molar-refractivity contribution in [2.24, 2.45) is 10.8 Å². The van der Waals surface area contributed by atoms with Gasteiger partial charge in [-0.15, -0.1) is 0 Å². The molecule has 1 aliphatic carbocycles. The first-order chi connectivity index (χ1) is 16.7. The molecule has 0 bridgehead atoms. The van der Waals surface area contributed by atoms with Crippen molar-refractivity contribution in [2.75, 3.05) is 13.1 Å². The third kappa shape index (κ3) is 3.97. The first kappa shape index (κ1) is 22.8. The highest BCUT2D eigenvalue weighted by atomic mass is 16.4. The van der Waals surface area contributed by atoms with Crippen LogP contribution in [-0.2, 0) is 0 Å². The molecule has 1 amide bonds. The van der Waals surface area contributed by atoms with E-state index in [2.05, 4.69) is 43.0 Å².